The zero-order valence-electron chi connectivity index (χ0n) is 11.0. The summed E-state index contributed by atoms with van der Waals surface area (Å²) in [6.45, 7) is 1.99. The van der Waals surface area contributed by atoms with Crippen LogP contribution < -0.4 is 11.3 Å². The van der Waals surface area contributed by atoms with E-state index in [-0.39, 0.29) is 11.1 Å². The second-order valence-electron chi connectivity index (χ2n) is 4.67. The zero-order chi connectivity index (χ0) is 14.7. The van der Waals surface area contributed by atoms with Crippen molar-refractivity contribution >= 4 is 23.2 Å². The third kappa shape index (κ3) is 3.49. The van der Waals surface area contributed by atoms with E-state index in [1.54, 1.807) is 12.1 Å². The van der Waals surface area contributed by atoms with Gasteiger partial charge in [-0.1, -0.05) is 35.3 Å². The highest BCUT2D eigenvalue weighted by molar-refractivity contribution is 6.31. The Balaban J connectivity index is 2.28. The van der Waals surface area contributed by atoms with Crippen LogP contribution in [0.2, 0.25) is 10.0 Å². The molecule has 5 heteroatoms. The molecule has 0 aromatic heterocycles. The fraction of sp³-hybridized carbons (Fsp3) is 0.200. The van der Waals surface area contributed by atoms with Crippen LogP contribution in [0.4, 0.5) is 4.39 Å². The Bertz CT molecular complexity index is 617. The van der Waals surface area contributed by atoms with E-state index >= 15 is 0 Å². The van der Waals surface area contributed by atoms with Gasteiger partial charge in [0.15, 0.2) is 0 Å². The maximum Gasteiger partial charge on any atom is 0.141 e. The third-order valence-corrected chi connectivity index (χ3v) is 3.77. The number of nitrogens with one attached hydrogen (secondary N) is 1. The first kappa shape index (κ1) is 15.3. The first-order valence-electron chi connectivity index (χ1n) is 6.17. The highest BCUT2D eigenvalue weighted by atomic mass is 35.5. The van der Waals surface area contributed by atoms with Gasteiger partial charge in [-0.05, 0) is 54.3 Å². The highest BCUT2D eigenvalue weighted by Gasteiger charge is 2.14. The Morgan fingerprint density at radius 3 is 2.60 bits per heavy atom. The minimum Gasteiger partial charge on any atom is -0.271 e. The summed E-state index contributed by atoms with van der Waals surface area (Å²) in [6.07, 6.45) is 0.595. The Hall–Kier alpha value is -1.13. The molecule has 0 saturated carbocycles. The maximum atomic E-state index is 13.2. The summed E-state index contributed by atoms with van der Waals surface area (Å²) in [5.41, 5.74) is 5.78. The van der Waals surface area contributed by atoms with Gasteiger partial charge in [0.2, 0.25) is 0 Å². The van der Waals surface area contributed by atoms with Gasteiger partial charge in [0.1, 0.15) is 5.82 Å². The molecule has 0 spiro atoms. The topological polar surface area (TPSA) is 38.0 Å². The van der Waals surface area contributed by atoms with Crippen molar-refractivity contribution < 1.29 is 4.39 Å². The molecule has 2 aromatic carbocycles. The number of nitrogens with two attached hydrogens (primary N) is 1. The lowest BCUT2D eigenvalue weighted by Gasteiger charge is -2.19. The first-order valence-corrected chi connectivity index (χ1v) is 6.93. The van der Waals surface area contributed by atoms with Crippen LogP contribution in [0.1, 0.15) is 22.7 Å². The van der Waals surface area contributed by atoms with Crippen molar-refractivity contribution in [3.63, 3.8) is 0 Å². The summed E-state index contributed by atoms with van der Waals surface area (Å²) >= 11 is 11.8. The van der Waals surface area contributed by atoms with Gasteiger partial charge in [0.05, 0.1) is 11.1 Å². The van der Waals surface area contributed by atoms with Crippen LogP contribution in [0.25, 0.3) is 0 Å². The minimum absolute atomic E-state index is 0.112. The summed E-state index contributed by atoms with van der Waals surface area (Å²) < 4.78 is 13.2. The van der Waals surface area contributed by atoms with E-state index in [4.69, 9.17) is 29.0 Å². The van der Waals surface area contributed by atoms with Gasteiger partial charge in [-0.3, -0.25) is 11.3 Å². The number of hydrogen-bond acceptors (Lipinski definition) is 2. The summed E-state index contributed by atoms with van der Waals surface area (Å²) in [4.78, 5) is 0. The summed E-state index contributed by atoms with van der Waals surface area (Å²) in [6, 6.07) is 10.2. The molecule has 2 nitrogen and oxygen atoms in total. The van der Waals surface area contributed by atoms with Crippen LogP contribution in [0.3, 0.4) is 0 Å². The maximum absolute atomic E-state index is 13.2. The van der Waals surface area contributed by atoms with Crippen LogP contribution in [0.15, 0.2) is 36.4 Å². The van der Waals surface area contributed by atoms with Crippen molar-refractivity contribution in [3.05, 3.63) is 69.0 Å². The molecule has 0 fully saturated rings. The molecule has 106 valence electrons. The van der Waals surface area contributed by atoms with E-state index in [0.29, 0.717) is 11.4 Å². The van der Waals surface area contributed by atoms with Crippen molar-refractivity contribution in [1.29, 1.82) is 0 Å². The van der Waals surface area contributed by atoms with Gasteiger partial charge in [-0.2, -0.15) is 0 Å². The molecule has 0 heterocycles. The second kappa shape index (κ2) is 6.55. The Labute approximate surface area is 127 Å². The fourth-order valence-electron chi connectivity index (χ4n) is 2.15. The molecule has 0 bridgehead atoms. The molecule has 3 N–H and O–H groups in total. The number of halogens is 3. The molecular weight excluding hydrogens is 298 g/mol. The number of hydrogen-bond donors (Lipinski definition) is 2. The lowest BCUT2D eigenvalue weighted by atomic mass is 9.96. The standard InChI is InChI=1S/C15H15Cl2FN2/c1-9-2-4-11(16)8-12(9)15(20-19)7-10-3-5-14(18)13(17)6-10/h2-6,8,15,20H,7,19H2,1H3. The summed E-state index contributed by atoms with van der Waals surface area (Å²) in [5, 5.41) is 0.768. The van der Waals surface area contributed by atoms with E-state index in [1.165, 1.54) is 6.07 Å². The molecule has 0 saturated heterocycles. The van der Waals surface area contributed by atoms with Gasteiger partial charge >= 0.3 is 0 Å². The van der Waals surface area contributed by atoms with E-state index in [0.717, 1.165) is 16.7 Å². The highest BCUT2D eigenvalue weighted by Crippen LogP contribution is 2.26. The van der Waals surface area contributed by atoms with Crippen LogP contribution in [0.5, 0.6) is 0 Å². The largest absolute Gasteiger partial charge is 0.271 e. The predicted molar refractivity (Wildman–Crippen MR) is 81.4 cm³/mol. The molecule has 0 aliphatic rings. The van der Waals surface area contributed by atoms with Crippen LogP contribution >= 0.6 is 23.2 Å². The molecule has 2 aromatic rings. The van der Waals surface area contributed by atoms with Crippen LogP contribution in [-0.2, 0) is 6.42 Å². The summed E-state index contributed by atoms with van der Waals surface area (Å²) in [5.74, 6) is 5.21. The van der Waals surface area contributed by atoms with Crippen molar-refractivity contribution in [2.45, 2.75) is 19.4 Å². The predicted octanol–water partition coefficient (Wildman–Crippen LogP) is 4.19. The number of benzene rings is 2. The molecule has 1 atom stereocenters. The lowest BCUT2D eigenvalue weighted by molar-refractivity contribution is 0.548. The molecule has 20 heavy (non-hydrogen) atoms. The molecule has 1 unspecified atom stereocenters. The molecular formula is C15H15Cl2FN2. The molecule has 0 radical (unpaired) electrons. The first-order chi connectivity index (χ1) is 9.51. The average molecular weight is 313 g/mol. The number of rotatable bonds is 4. The minimum atomic E-state index is -0.424. The van der Waals surface area contributed by atoms with E-state index in [1.807, 2.05) is 25.1 Å². The third-order valence-electron chi connectivity index (χ3n) is 3.24. The molecule has 0 aliphatic heterocycles. The Morgan fingerprint density at radius 1 is 1.20 bits per heavy atom. The average Bonchev–Trinajstić information content (AvgIpc) is 2.43. The summed E-state index contributed by atoms with van der Waals surface area (Å²) in [7, 11) is 0. The second-order valence-corrected chi connectivity index (χ2v) is 5.52. The van der Waals surface area contributed by atoms with Gasteiger partial charge in [0, 0.05) is 5.02 Å². The zero-order valence-corrected chi connectivity index (χ0v) is 12.5. The van der Waals surface area contributed by atoms with Gasteiger partial charge < -0.3 is 0 Å². The molecule has 2 rings (SSSR count). The quantitative estimate of drug-likeness (QED) is 0.656. The molecule has 0 aliphatic carbocycles. The van der Waals surface area contributed by atoms with E-state index in [9.17, 15) is 4.39 Å². The van der Waals surface area contributed by atoms with E-state index < -0.39 is 5.82 Å². The van der Waals surface area contributed by atoms with Gasteiger partial charge in [-0.15, -0.1) is 0 Å². The number of hydrazine groups is 1. The van der Waals surface area contributed by atoms with Crippen LogP contribution in [0, 0.1) is 12.7 Å². The van der Waals surface area contributed by atoms with Crippen molar-refractivity contribution in [2.75, 3.05) is 0 Å². The van der Waals surface area contributed by atoms with Crippen molar-refractivity contribution in [3.8, 4) is 0 Å². The van der Waals surface area contributed by atoms with Gasteiger partial charge in [0.25, 0.3) is 0 Å². The molecule has 0 amide bonds. The number of aryl methyl sites for hydroxylation is 1. The van der Waals surface area contributed by atoms with Crippen LogP contribution in [-0.4, -0.2) is 0 Å². The van der Waals surface area contributed by atoms with E-state index in [2.05, 4.69) is 5.43 Å². The normalized spacial score (nSPS) is 12.4. The monoisotopic (exact) mass is 312 g/mol. The Morgan fingerprint density at radius 2 is 1.95 bits per heavy atom. The SMILES string of the molecule is Cc1ccc(Cl)cc1C(Cc1ccc(F)c(Cl)c1)NN. The van der Waals surface area contributed by atoms with Crippen molar-refractivity contribution in [2.24, 2.45) is 5.84 Å². The lowest BCUT2D eigenvalue weighted by Crippen LogP contribution is -2.30. The fourth-order valence-corrected chi connectivity index (χ4v) is 2.53. The smallest absolute Gasteiger partial charge is 0.141 e. The van der Waals surface area contributed by atoms with Gasteiger partial charge in [-0.25, -0.2) is 4.39 Å². The Kier molecular flexibility index (Phi) is 5.00. The van der Waals surface area contributed by atoms with Crippen molar-refractivity contribution in [1.82, 2.24) is 5.43 Å².